The van der Waals surface area contributed by atoms with Crippen molar-refractivity contribution in [1.29, 1.82) is 0 Å². The summed E-state index contributed by atoms with van der Waals surface area (Å²) in [5.74, 6) is -0.772. The van der Waals surface area contributed by atoms with Crippen LogP contribution in [0.1, 0.15) is 118 Å². The van der Waals surface area contributed by atoms with Gasteiger partial charge in [-0.15, -0.1) is 0 Å². The lowest BCUT2D eigenvalue weighted by Crippen LogP contribution is -2.39. The van der Waals surface area contributed by atoms with Gasteiger partial charge < -0.3 is 20.9 Å². The average Bonchev–Trinajstić information content (AvgIpc) is 2.67. The van der Waals surface area contributed by atoms with Crippen molar-refractivity contribution in [2.75, 3.05) is 0 Å². The van der Waals surface area contributed by atoms with Gasteiger partial charge in [0.05, 0.1) is 6.10 Å². The Labute approximate surface area is 200 Å². The van der Waals surface area contributed by atoms with Crippen LogP contribution < -0.4 is 11.1 Å². The normalized spacial score (nSPS) is 13.9. The summed E-state index contributed by atoms with van der Waals surface area (Å²) in [7, 11) is 0. The van der Waals surface area contributed by atoms with Crippen LogP contribution in [0.2, 0.25) is 0 Å². The number of aliphatic hydroxyl groups excluding tert-OH is 1. The maximum atomic E-state index is 11.9. The van der Waals surface area contributed by atoms with Gasteiger partial charge in [-0.25, -0.2) is 0 Å². The number of hydrogen-bond acceptors (Lipinski definition) is 5. The van der Waals surface area contributed by atoms with Crippen molar-refractivity contribution in [1.82, 2.24) is 5.32 Å². The predicted octanol–water partition coefficient (Wildman–Crippen LogP) is 4.90. The molecule has 0 saturated carbocycles. The zero-order valence-corrected chi connectivity index (χ0v) is 21.6. The summed E-state index contributed by atoms with van der Waals surface area (Å²) in [4.78, 5) is 35.5. The Hall–Kier alpha value is -1.89. The molecule has 0 aliphatic heterocycles. The Balaban J connectivity index is 4.01. The van der Waals surface area contributed by atoms with Crippen LogP contribution in [0.4, 0.5) is 0 Å². The van der Waals surface area contributed by atoms with Crippen LogP contribution in [-0.4, -0.2) is 34.5 Å². The van der Waals surface area contributed by atoms with E-state index in [1.807, 2.05) is 20.8 Å². The predicted molar refractivity (Wildman–Crippen MR) is 132 cm³/mol. The molecule has 2 amide bonds. The number of hydrogen-bond donors (Lipinski definition) is 3. The zero-order valence-electron chi connectivity index (χ0n) is 21.6. The number of nitrogens with two attached hydrogens (primary N) is 1. The molecule has 33 heavy (non-hydrogen) atoms. The molecule has 0 aliphatic carbocycles. The minimum absolute atomic E-state index is 0.148. The van der Waals surface area contributed by atoms with Crippen molar-refractivity contribution < 1.29 is 24.2 Å². The Kier molecular flexibility index (Phi) is 16.6. The van der Waals surface area contributed by atoms with E-state index in [9.17, 15) is 19.5 Å². The van der Waals surface area contributed by atoms with E-state index in [4.69, 9.17) is 10.5 Å². The minimum atomic E-state index is -0.347. The van der Waals surface area contributed by atoms with E-state index in [0.717, 1.165) is 70.6 Å². The molecule has 0 rings (SSSR count). The van der Waals surface area contributed by atoms with E-state index in [2.05, 4.69) is 12.2 Å². The van der Waals surface area contributed by atoms with E-state index < -0.39 is 0 Å². The molecule has 0 radical (unpaired) electrons. The van der Waals surface area contributed by atoms with Gasteiger partial charge in [-0.3, -0.25) is 14.4 Å². The second-order valence-electron chi connectivity index (χ2n) is 10.1. The van der Waals surface area contributed by atoms with Crippen molar-refractivity contribution in [3.63, 3.8) is 0 Å². The van der Waals surface area contributed by atoms with Crippen molar-refractivity contribution in [2.24, 2.45) is 11.7 Å². The molecule has 7 nitrogen and oxygen atoms in total. The first-order valence-corrected chi connectivity index (χ1v) is 12.6. The number of unbranched alkanes of at least 4 members (excludes halogenated alkanes) is 5. The van der Waals surface area contributed by atoms with Gasteiger partial charge in [-0.2, -0.15) is 0 Å². The molecule has 0 bridgehead atoms. The number of esters is 1. The number of primary amides is 1. The minimum Gasteiger partial charge on any atom is -0.431 e. The van der Waals surface area contributed by atoms with Crippen LogP contribution in [0, 0.1) is 5.92 Å². The van der Waals surface area contributed by atoms with Gasteiger partial charge in [0.2, 0.25) is 11.8 Å². The van der Waals surface area contributed by atoms with E-state index in [1.54, 1.807) is 6.92 Å². The fourth-order valence-corrected chi connectivity index (χ4v) is 3.67. The second-order valence-corrected chi connectivity index (χ2v) is 10.1. The van der Waals surface area contributed by atoms with E-state index in [-0.39, 0.29) is 41.1 Å². The average molecular weight is 469 g/mol. The van der Waals surface area contributed by atoms with Crippen molar-refractivity contribution >= 4 is 17.8 Å². The molecule has 0 saturated heterocycles. The molecule has 0 fully saturated rings. The molecule has 0 heterocycles. The summed E-state index contributed by atoms with van der Waals surface area (Å²) in [6, 6.07) is 0. The summed E-state index contributed by atoms with van der Waals surface area (Å²) in [6.07, 6.45) is 11.8. The van der Waals surface area contributed by atoms with Crippen LogP contribution in [0.25, 0.3) is 0 Å². The maximum absolute atomic E-state index is 11.9. The van der Waals surface area contributed by atoms with Gasteiger partial charge in [0.15, 0.2) is 0 Å². The number of allylic oxidation sites excluding steroid dienone is 1. The van der Waals surface area contributed by atoms with E-state index >= 15 is 0 Å². The molecule has 4 N–H and O–H groups in total. The molecule has 0 aliphatic rings. The molecule has 0 aromatic carbocycles. The highest BCUT2D eigenvalue weighted by atomic mass is 16.5. The Morgan fingerprint density at radius 2 is 1.52 bits per heavy atom. The molecule has 0 aromatic rings. The molecule has 192 valence electrons. The maximum Gasteiger partial charge on any atom is 0.310 e. The number of amides is 2. The first-order chi connectivity index (χ1) is 15.4. The number of ether oxygens (including phenoxy) is 1. The standard InChI is InChI=1S/C26H48N2O5/c1-6-7-10-16-22(29)17-13-15-21(25(27)32)14-11-8-9-12-18-24(31)33-20(2)19-23(30)28-26(3,4)5/h19,21-22,29H,6-18H2,1-5H3,(H2,27,32)(H,28,30)/b20-19-. The lowest BCUT2D eigenvalue weighted by Gasteiger charge is -2.19. The van der Waals surface area contributed by atoms with Gasteiger partial charge in [0, 0.05) is 24.0 Å². The monoisotopic (exact) mass is 468 g/mol. The number of rotatable bonds is 18. The summed E-state index contributed by atoms with van der Waals surface area (Å²) in [5, 5.41) is 12.8. The van der Waals surface area contributed by atoms with Gasteiger partial charge in [0.1, 0.15) is 5.76 Å². The lowest BCUT2D eigenvalue weighted by atomic mass is 9.93. The van der Waals surface area contributed by atoms with Crippen LogP contribution in [0.5, 0.6) is 0 Å². The van der Waals surface area contributed by atoms with Gasteiger partial charge in [-0.05, 0) is 59.8 Å². The van der Waals surface area contributed by atoms with Gasteiger partial charge in [-0.1, -0.05) is 51.9 Å². The quantitative estimate of drug-likeness (QED) is 0.114. The Bertz CT molecular complexity index is 610. The van der Waals surface area contributed by atoms with Crippen LogP contribution in [-0.2, 0) is 19.1 Å². The Morgan fingerprint density at radius 3 is 2.12 bits per heavy atom. The van der Waals surface area contributed by atoms with Gasteiger partial charge >= 0.3 is 5.97 Å². The fraction of sp³-hybridized carbons (Fsp3) is 0.808. The SMILES string of the molecule is CCCCCC(O)CCCC(CCCCCCC(=O)O/C(C)=C\C(=O)NC(C)(C)C)C(N)=O. The molecule has 2 unspecified atom stereocenters. The summed E-state index contributed by atoms with van der Waals surface area (Å²) in [5.41, 5.74) is 5.20. The van der Waals surface area contributed by atoms with Crippen LogP contribution >= 0.6 is 0 Å². The highest BCUT2D eigenvalue weighted by Gasteiger charge is 2.16. The van der Waals surface area contributed by atoms with Crippen molar-refractivity contribution in [3.05, 3.63) is 11.8 Å². The number of aliphatic hydroxyl groups is 1. The Morgan fingerprint density at radius 1 is 0.939 bits per heavy atom. The summed E-state index contributed by atoms with van der Waals surface area (Å²) in [6.45, 7) is 9.38. The van der Waals surface area contributed by atoms with E-state index in [1.165, 1.54) is 6.08 Å². The second kappa shape index (κ2) is 17.6. The molecule has 0 spiro atoms. The lowest BCUT2D eigenvalue weighted by molar-refractivity contribution is -0.139. The first kappa shape index (κ1) is 31.1. The van der Waals surface area contributed by atoms with Gasteiger partial charge in [0.25, 0.3) is 0 Å². The largest absolute Gasteiger partial charge is 0.431 e. The summed E-state index contributed by atoms with van der Waals surface area (Å²) < 4.78 is 5.19. The molecule has 7 heteroatoms. The third-order valence-corrected chi connectivity index (χ3v) is 5.42. The van der Waals surface area contributed by atoms with E-state index in [0.29, 0.717) is 12.8 Å². The fourth-order valence-electron chi connectivity index (χ4n) is 3.67. The van der Waals surface area contributed by atoms with Crippen LogP contribution in [0.15, 0.2) is 11.8 Å². The topological polar surface area (TPSA) is 119 Å². The third kappa shape index (κ3) is 19.3. The molecular formula is C26H48N2O5. The molecule has 2 atom stereocenters. The summed E-state index contributed by atoms with van der Waals surface area (Å²) >= 11 is 0. The highest BCUT2D eigenvalue weighted by Crippen LogP contribution is 2.19. The molecular weight excluding hydrogens is 420 g/mol. The van der Waals surface area contributed by atoms with Crippen molar-refractivity contribution in [2.45, 2.75) is 130 Å². The number of carbonyl (C=O) groups excluding carboxylic acids is 3. The molecule has 0 aromatic heterocycles. The first-order valence-electron chi connectivity index (χ1n) is 12.6. The zero-order chi connectivity index (χ0) is 25.3. The number of carbonyl (C=O) groups is 3. The van der Waals surface area contributed by atoms with Crippen molar-refractivity contribution in [3.8, 4) is 0 Å². The smallest absolute Gasteiger partial charge is 0.310 e. The number of nitrogens with one attached hydrogen (secondary N) is 1. The third-order valence-electron chi connectivity index (χ3n) is 5.42. The highest BCUT2D eigenvalue weighted by molar-refractivity contribution is 5.88. The van der Waals surface area contributed by atoms with Crippen LogP contribution in [0.3, 0.4) is 0 Å².